The van der Waals surface area contributed by atoms with Crippen LogP contribution in [0.5, 0.6) is 0 Å². The van der Waals surface area contributed by atoms with Crippen LogP contribution in [0, 0.1) is 0 Å². The van der Waals surface area contributed by atoms with Crippen molar-refractivity contribution in [1.29, 1.82) is 0 Å². The van der Waals surface area contributed by atoms with E-state index < -0.39 is 0 Å². The second-order valence-corrected chi connectivity index (χ2v) is 5.62. The highest BCUT2D eigenvalue weighted by molar-refractivity contribution is 5.96. The molecule has 1 unspecified atom stereocenters. The number of hydrogen-bond acceptors (Lipinski definition) is 5. The summed E-state index contributed by atoms with van der Waals surface area (Å²) in [4.78, 5) is 14.3. The maximum Gasteiger partial charge on any atom is 0.340 e. The van der Waals surface area contributed by atoms with Gasteiger partial charge in [-0.2, -0.15) is 0 Å². The lowest BCUT2D eigenvalue weighted by atomic mass is 10.1. The summed E-state index contributed by atoms with van der Waals surface area (Å²) in [5.41, 5.74) is 7.58. The number of nitrogen functional groups attached to an aromatic ring is 1. The molecule has 0 aliphatic carbocycles. The topological polar surface area (TPSA) is 67.6 Å². The number of nitrogens with zero attached hydrogens (tertiary/aromatic N) is 1. The Bertz CT molecular complexity index is 484. The van der Waals surface area contributed by atoms with Gasteiger partial charge in [-0.05, 0) is 51.1 Å². The van der Waals surface area contributed by atoms with E-state index in [9.17, 15) is 4.79 Å². The predicted molar refractivity (Wildman–Crippen MR) is 85.6 cm³/mol. The van der Waals surface area contributed by atoms with E-state index in [1.54, 1.807) is 12.1 Å². The van der Waals surface area contributed by atoms with Crippen LogP contribution < -0.4 is 11.1 Å². The van der Waals surface area contributed by atoms with Crippen molar-refractivity contribution in [2.24, 2.45) is 0 Å². The van der Waals surface area contributed by atoms with Gasteiger partial charge in [0.05, 0.1) is 12.7 Å². The fourth-order valence-electron chi connectivity index (χ4n) is 2.74. The third-order valence-electron chi connectivity index (χ3n) is 4.05. The van der Waals surface area contributed by atoms with E-state index >= 15 is 0 Å². The second-order valence-electron chi connectivity index (χ2n) is 5.62. The molecular weight excluding hydrogens is 266 g/mol. The Morgan fingerprint density at radius 2 is 2.10 bits per heavy atom. The maximum absolute atomic E-state index is 11.8. The van der Waals surface area contributed by atoms with Gasteiger partial charge in [-0.1, -0.05) is 6.42 Å². The van der Waals surface area contributed by atoms with Gasteiger partial charge in [-0.15, -0.1) is 0 Å². The minimum absolute atomic E-state index is 0.365. The van der Waals surface area contributed by atoms with Gasteiger partial charge < -0.3 is 15.8 Å². The zero-order valence-corrected chi connectivity index (χ0v) is 12.9. The third-order valence-corrected chi connectivity index (χ3v) is 4.05. The molecule has 2 rings (SSSR count). The molecule has 3 N–H and O–H groups in total. The van der Waals surface area contributed by atoms with Crippen LogP contribution in [0.4, 0.5) is 11.4 Å². The van der Waals surface area contributed by atoms with Crippen LogP contribution in [0.1, 0.15) is 36.5 Å². The van der Waals surface area contributed by atoms with Gasteiger partial charge in [0.1, 0.15) is 0 Å². The smallest absolute Gasteiger partial charge is 0.340 e. The van der Waals surface area contributed by atoms with Crippen molar-refractivity contribution >= 4 is 17.3 Å². The van der Waals surface area contributed by atoms with Crippen LogP contribution in [-0.2, 0) is 4.74 Å². The summed E-state index contributed by atoms with van der Waals surface area (Å²) in [6, 6.07) is 5.72. The number of nitrogens with two attached hydrogens (primary N) is 1. The van der Waals surface area contributed by atoms with Gasteiger partial charge in [0.25, 0.3) is 0 Å². The number of piperidine rings is 1. The van der Waals surface area contributed by atoms with Crippen LogP contribution in [0.3, 0.4) is 0 Å². The molecule has 0 saturated carbocycles. The number of methoxy groups -OCH3 is 1. The van der Waals surface area contributed by atoms with E-state index in [0.29, 0.717) is 17.3 Å². The highest BCUT2D eigenvalue weighted by Crippen LogP contribution is 2.20. The highest BCUT2D eigenvalue weighted by Gasteiger charge is 2.18. The predicted octanol–water partition coefficient (Wildman–Crippen LogP) is 2.34. The Morgan fingerprint density at radius 1 is 1.38 bits per heavy atom. The van der Waals surface area contributed by atoms with E-state index in [1.165, 1.54) is 26.4 Å². The zero-order chi connectivity index (χ0) is 15.2. The van der Waals surface area contributed by atoms with Crippen LogP contribution >= 0.6 is 0 Å². The average Bonchev–Trinajstić information content (AvgIpc) is 2.53. The van der Waals surface area contributed by atoms with Crippen molar-refractivity contribution < 1.29 is 9.53 Å². The first kappa shape index (κ1) is 15.6. The molecule has 1 aliphatic heterocycles. The maximum atomic E-state index is 11.8. The van der Waals surface area contributed by atoms with Crippen LogP contribution in [-0.4, -0.2) is 43.7 Å². The fourth-order valence-corrected chi connectivity index (χ4v) is 2.74. The van der Waals surface area contributed by atoms with Gasteiger partial charge in [0, 0.05) is 24.0 Å². The SMILES string of the molecule is COC(=O)c1cc(N)ccc1NCC(C)N1CCCCC1. The monoisotopic (exact) mass is 291 g/mol. The third kappa shape index (κ3) is 4.11. The molecule has 0 spiro atoms. The number of likely N-dealkylation sites (tertiary alicyclic amines) is 1. The molecule has 1 saturated heterocycles. The van der Waals surface area contributed by atoms with Gasteiger partial charge >= 0.3 is 5.97 Å². The van der Waals surface area contributed by atoms with Crippen LogP contribution in [0.2, 0.25) is 0 Å². The van der Waals surface area contributed by atoms with Crippen LogP contribution in [0.25, 0.3) is 0 Å². The van der Waals surface area contributed by atoms with E-state index in [-0.39, 0.29) is 5.97 Å². The van der Waals surface area contributed by atoms with Crippen molar-refractivity contribution in [3.8, 4) is 0 Å². The molecule has 1 atom stereocenters. The van der Waals surface area contributed by atoms with E-state index in [1.807, 2.05) is 6.07 Å². The quantitative estimate of drug-likeness (QED) is 0.644. The van der Waals surface area contributed by atoms with Crippen LogP contribution in [0.15, 0.2) is 18.2 Å². The molecule has 1 fully saturated rings. The molecule has 0 bridgehead atoms. The Balaban J connectivity index is 2.00. The minimum atomic E-state index is -0.365. The molecule has 21 heavy (non-hydrogen) atoms. The molecule has 1 heterocycles. The van der Waals surface area contributed by atoms with Crippen molar-refractivity contribution in [2.75, 3.05) is 37.8 Å². The number of carbonyl (C=O) groups excluding carboxylic acids is 1. The Kier molecular flexibility index (Phi) is 5.44. The molecule has 0 amide bonds. The van der Waals surface area contributed by atoms with E-state index in [4.69, 9.17) is 10.5 Å². The summed E-state index contributed by atoms with van der Waals surface area (Å²) in [5.74, 6) is -0.365. The number of ether oxygens (including phenoxy) is 1. The Hall–Kier alpha value is -1.75. The summed E-state index contributed by atoms with van der Waals surface area (Å²) >= 11 is 0. The first-order valence-corrected chi connectivity index (χ1v) is 7.57. The lowest BCUT2D eigenvalue weighted by molar-refractivity contribution is 0.0602. The Morgan fingerprint density at radius 3 is 2.76 bits per heavy atom. The summed E-state index contributed by atoms with van der Waals surface area (Å²) < 4.78 is 4.81. The zero-order valence-electron chi connectivity index (χ0n) is 12.9. The number of hydrogen-bond donors (Lipinski definition) is 2. The van der Waals surface area contributed by atoms with Gasteiger partial charge in [0.2, 0.25) is 0 Å². The highest BCUT2D eigenvalue weighted by atomic mass is 16.5. The fraction of sp³-hybridized carbons (Fsp3) is 0.562. The molecule has 1 aromatic rings. The summed E-state index contributed by atoms with van der Waals surface area (Å²) in [5, 5.41) is 3.35. The van der Waals surface area contributed by atoms with Crippen molar-refractivity contribution in [2.45, 2.75) is 32.2 Å². The largest absolute Gasteiger partial charge is 0.465 e. The number of benzene rings is 1. The number of nitrogens with one attached hydrogen (secondary N) is 1. The molecule has 116 valence electrons. The van der Waals surface area contributed by atoms with Gasteiger partial charge in [0.15, 0.2) is 0 Å². The summed E-state index contributed by atoms with van der Waals surface area (Å²) in [6.07, 6.45) is 3.89. The molecule has 0 radical (unpaired) electrons. The molecule has 1 aromatic carbocycles. The Labute approximate surface area is 126 Å². The molecule has 1 aliphatic rings. The normalized spacial score (nSPS) is 17.2. The molecular formula is C16H25N3O2. The van der Waals surface area contributed by atoms with Crippen molar-refractivity contribution in [3.05, 3.63) is 23.8 Å². The first-order valence-electron chi connectivity index (χ1n) is 7.57. The summed E-state index contributed by atoms with van der Waals surface area (Å²) in [6.45, 7) is 5.34. The van der Waals surface area contributed by atoms with Crippen molar-refractivity contribution in [3.63, 3.8) is 0 Å². The minimum Gasteiger partial charge on any atom is -0.465 e. The number of rotatable bonds is 5. The average molecular weight is 291 g/mol. The van der Waals surface area contributed by atoms with Crippen molar-refractivity contribution in [1.82, 2.24) is 4.90 Å². The molecule has 5 nitrogen and oxygen atoms in total. The lowest BCUT2D eigenvalue weighted by Gasteiger charge is -2.32. The number of anilines is 2. The van der Waals surface area contributed by atoms with E-state index in [0.717, 1.165) is 25.3 Å². The van der Waals surface area contributed by atoms with Gasteiger partial charge in [-0.3, -0.25) is 4.90 Å². The first-order chi connectivity index (χ1) is 10.1. The van der Waals surface area contributed by atoms with Gasteiger partial charge in [-0.25, -0.2) is 4.79 Å². The number of esters is 1. The molecule has 5 heteroatoms. The standard InChI is InChI=1S/C16H25N3O2/c1-12(19-8-4-3-5-9-19)11-18-15-7-6-13(17)10-14(15)16(20)21-2/h6-7,10,12,18H,3-5,8-9,11,17H2,1-2H3. The lowest BCUT2D eigenvalue weighted by Crippen LogP contribution is -2.41. The molecule has 0 aromatic heterocycles. The second kappa shape index (κ2) is 7.31. The van der Waals surface area contributed by atoms with E-state index in [2.05, 4.69) is 17.1 Å². The summed E-state index contributed by atoms with van der Waals surface area (Å²) in [7, 11) is 1.38. The number of carbonyl (C=O) groups is 1.